The molecule has 0 fully saturated rings. The van der Waals surface area contributed by atoms with E-state index in [2.05, 4.69) is 11.4 Å². The first kappa shape index (κ1) is 9.41. The molecule has 0 aromatic rings. The van der Waals surface area contributed by atoms with E-state index in [1.54, 1.807) is 0 Å². The van der Waals surface area contributed by atoms with Crippen molar-refractivity contribution < 1.29 is 4.74 Å². The van der Waals surface area contributed by atoms with Crippen LogP contribution in [0.2, 0.25) is 0 Å². The molecule has 0 spiro atoms. The number of rotatable bonds is 6. The molecule has 0 aliphatic heterocycles. The normalized spacial score (nSPS) is 9.20. The lowest BCUT2D eigenvalue weighted by atomic mass is 10.4. The van der Waals surface area contributed by atoms with E-state index in [1.807, 2.05) is 6.92 Å². The number of ether oxygens (including phenoxy) is 1. The maximum Gasteiger partial charge on any atom is 0.0635 e. The van der Waals surface area contributed by atoms with Crippen molar-refractivity contribution in [2.45, 2.75) is 13.3 Å². The Balaban J connectivity index is 2.72. The maximum absolute atomic E-state index is 8.15. The second-order valence-corrected chi connectivity index (χ2v) is 1.86. The Morgan fingerprint density at radius 2 is 2.30 bits per heavy atom. The SMILES string of the molecule is CCOCCNCCC#N. The molecule has 0 bridgehead atoms. The molecule has 0 aliphatic rings. The second-order valence-electron chi connectivity index (χ2n) is 1.86. The van der Waals surface area contributed by atoms with Crippen molar-refractivity contribution in [3.05, 3.63) is 0 Å². The van der Waals surface area contributed by atoms with E-state index < -0.39 is 0 Å². The Hall–Kier alpha value is -0.590. The number of hydrogen-bond acceptors (Lipinski definition) is 3. The van der Waals surface area contributed by atoms with Gasteiger partial charge in [-0.25, -0.2) is 0 Å². The molecule has 3 heteroatoms. The Kier molecular flexibility index (Phi) is 7.91. The predicted octanol–water partition coefficient (Wildman–Crippen LogP) is 0.526. The van der Waals surface area contributed by atoms with Crippen LogP contribution in [0.15, 0.2) is 0 Å². The standard InChI is InChI=1S/C7H14N2O/c1-2-10-7-6-9-5-3-4-8/h9H,2-3,5-7H2,1H3. The van der Waals surface area contributed by atoms with Gasteiger partial charge in [-0.1, -0.05) is 0 Å². The minimum absolute atomic E-state index is 0.576. The van der Waals surface area contributed by atoms with Gasteiger partial charge in [0.1, 0.15) is 0 Å². The zero-order valence-corrected chi connectivity index (χ0v) is 6.39. The summed E-state index contributed by atoms with van der Waals surface area (Å²) < 4.78 is 5.07. The Morgan fingerprint density at radius 1 is 1.50 bits per heavy atom. The first-order valence-corrected chi connectivity index (χ1v) is 3.57. The molecule has 0 aromatic heterocycles. The summed E-state index contributed by atoms with van der Waals surface area (Å²) in [5.74, 6) is 0. The molecule has 0 radical (unpaired) electrons. The number of hydrogen-bond donors (Lipinski definition) is 1. The van der Waals surface area contributed by atoms with E-state index in [4.69, 9.17) is 10.00 Å². The van der Waals surface area contributed by atoms with Crippen molar-refractivity contribution >= 4 is 0 Å². The highest BCUT2D eigenvalue weighted by molar-refractivity contribution is 4.69. The van der Waals surface area contributed by atoms with E-state index in [9.17, 15) is 0 Å². The van der Waals surface area contributed by atoms with Gasteiger partial charge in [0.15, 0.2) is 0 Å². The van der Waals surface area contributed by atoms with Crippen molar-refractivity contribution in [1.82, 2.24) is 5.32 Å². The lowest BCUT2D eigenvalue weighted by Crippen LogP contribution is -2.20. The predicted molar refractivity (Wildman–Crippen MR) is 39.6 cm³/mol. The lowest BCUT2D eigenvalue weighted by Gasteiger charge is -2.00. The smallest absolute Gasteiger partial charge is 0.0635 e. The fraction of sp³-hybridized carbons (Fsp3) is 0.857. The van der Waals surface area contributed by atoms with E-state index in [1.165, 1.54) is 0 Å². The number of nitriles is 1. The third-order valence-corrected chi connectivity index (χ3v) is 1.04. The third-order valence-electron chi connectivity index (χ3n) is 1.04. The molecule has 0 aliphatic carbocycles. The highest BCUT2D eigenvalue weighted by atomic mass is 16.5. The molecule has 3 nitrogen and oxygen atoms in total. The topological polar surface area (TPSA) is 45.0 Å². The average molecular weight is 142 g/mol. The first-order valence-electron chi connectivity index (χ1n) is 3.57. The first-order chi connectivity index (χ1) is 4.91. The van der Waals surface area contributed by atoms with Crippen LogP contribution in [0, 0.1) is 11.3 Å². The molecule has 0 atom stereocenters. The van der Waals surface area contributed by atoms with Gasteiger partial charge >= 0.3 is 0 Å². The molecule has 0 rings (SSSR count). The van der Waals surface area contributed by atoms with Gasteiger partial charge in [0, 0.05) is 26.1 Å². The van der Waals surface area contributed by atoms with Crippen LogP contribution in [0.3, 0.4) is 0 Å². The van der Waals surface area contributed by atoms with Crippen LogP contribution in [0.1, 0.15) is 13.3 Å². The lowest BCUT2D eigenvalue weighted by molar-refractivity contribution is 0.149. The van der Waals surface area contributed by atoms with Crippen LogP contribution >= 0.6 is 0 Å². The number of nitrogens with zero attached hydrogens (tertiary/aromatic N) is 1. The average Bonchev–Trinajstić information content (AvgIpc) is 1.97. The monoisotopic (exact) mass is 142 g/mol. The van der Waals surface area contributed by atoms with Crippen molar-refractivity contribution in [3.8, 4) is 6.07 Å². The fourth-order valence-corrected chi connectivity index (χ4v) is 0.558. The molecule has 0 heterocycles. The largest absolute Gasteiger partial charge is 0.380 e. The van der Waals surface area contributed by atoms with Crippen LogP contribution in [-0.2, 0) is 4.74 Å². The summed E-state index contributed by atoms with van der Waals surface area (Å²) in [4.78, 5) is 0. The highest BCUT2D eigenvalue weighted by Crippen LogP contribution is 1.72. The van der Waals surface area contributed by atoms with Gasteiger partial charge in [-0.3, -0.25) is 0 Å². The van der Waals surface area contributed by atoms with Gasteiger partial charge in [0.25, 0.3) is 0 Å². The van der Waals surface area contributed by atoms with Gasteiger partial charge in [-0.15, -0.1) is 0 Å². The van der Waals surface area contributed by atoms with Gasteiger partial charge in [0.05, 0.1) is 12.7 Å². The van der Waals surface area contributed by atoms with E-state index in [0.29, 0.717) is 6.42 Å². The van der Waals surface area contributed by atoms with Crippen LogP contribution in [0.25, 0.3) is 0 Å². The summed E-state index contributed by atoms with van der Waals surface area (Å²) >= 11 is 0. The number of nitrogens with one attached hydrogen (secondary N) is 1. The van der Waals surface area contributed by atoms with Gasteiger partial charge in [-0.05, 0) is 6.92 Å². The van der Waals surface area contributed by atoms with Gasteiger partial charge in [-0.2, -0.15) is 5.26 Å². The highest BCUT2D eigenvalue weighted by Gasteiger charge is 1.84. The second kappa shape index (κ2) is 8.41. The molecule has 0 aromatic carbocycles. The zero-order valence-electron chi connectivity index (χ0n) is 6.39. The Labute approximate surface area is 62.0 Å². The minimum Gasteiger partial charge on any atom is -0.380 e. The molecule has 58 valence electrons. The van der Waals surface area contributed by atoms with Crippen molar-refractivity contribution in [3.63, 3.8) is 0 Å². The zero-order chi connectivity index (χ0) is 7.66. The van der Waals surface area contributed by atoms with Crippen LogP contribution in [0.4, 0.5) is 0 Å². The molecule has 0 saturated carbocycles. The summed E-state index contributed by atoms with van der Waals surface area (Å²) in [5.41, 5.74) is 0. The molecular weight excluding hydrogens is 128 g/mol. The van der Waals surface area contributed by atoms with Gasteiger partial charge in [0.2, 0.25) is 0 Å². The molecule has 0 unspecified atom stereocenters. The molecule has 0 saturated heterocycles. The quantitative estimate of drug-likeness (QED) is 0.550. The summed E-state index contributed by atoms with van der Waals surface area (Å²) in [6.07, 6.45) is 0.576. The van der Waals surface area contributed by atoms with Crippen LogP contribution in [-0.4, -0.2) is 26.3 Å². The van der Waals surface area contributed by atoms with Crippen LogP contribution in [0.5, 0.6) is 0 Å². The Bertz CT molecular complexity index is 98.3. The summed E-state index contributed by atoms with van der Waals surface area (Å²) in [6.45, 7) is 5.08. The fourth-order valence-electron chi connectivity index (χ4n) is 0.558. The third kappa shape index (κ3) is 7.41. The van der Waals surface area contributed by atoms with E-state index in [-0.39, 0.29) is 0 Å². The molecule has 1 N–H and O–H groups in total. The maximum atomic E-state index is 8.15. The Morgan fingerprint density at radius 3 is 2.90 bits per heavy atom. The summed E-state index contributed by atoms with van der Waals surface area (Å²) in [7, 11) is 0. The van der Waals surface area contributed by atoms with E-state index in [0.717, 1.165) is 26.3 Å². The summed E-state index contributed by atoms with van der Waals surface area (Å²) in [6, 6.07) is 2.06. The van der Waals surface area contributed by atoms with Crippen molar-refractivity contribution in [2.75, 3.05) is 26.3 Å². The van der Waals surface area contributed by atoms with Crippen molar-refractivity contribution in [1.29, 1.82) is 5.26 Å². The van der Waals surface area contributed by atoms with Crippen LogP contribution < -0.4 is 5.32 Å². The van der Waals surface area contributed by atoms with Crippen molar-refractivity contribution in [2.24, 2.45) is 0 Å². The summed E-state index contributed by atoms with van der Waals surface area (Å²) in [5, 5.41) is 11.2. The molecule has 0 amide bonds. The van der Waals surface area contributed by atoms with Gasteiger partial charge < -0.3 is 10.1 Å². The minimum atomic E-state index is 0.576. The molecule has 10 heavy (non-hydrogen) atoms. The van der Waals surface area contributed by atoms with E-state index >= 15 is 0 Å². The molecular formula is C7H14N2O.